The molecule has 1 saturated heterocycles. The maximum Gasteiger partial charge on any atom is 0.186 e. The summed E-state index contributed by atoms with van der Waals surface area (Å²) >= 11 is 11.2. The van der Waals surface area contributed by atoms with Crippen LogP contribution in [-0.4, -0.2) is 10.9 Å². The van der Waals surface area contributed by atoms with Crippen LogP contribution in [0.2, 0.25) is 5.02 Å². The predicted molar refractivity (Wildman–Crippen MR) is 96.7 cm³/mol. The molecule has 0 saturated carbocycles. The van der Waals surface area contributed by atoms with E-state index in [4.69, 9.17) is 23.8 Å². The zero-order chi connectivity index (χ0) is 16.6. The zero-order valence-corrected chi connectivity index (χ0v) is 14.5. The summed E-state index contributed by atoms with van der Waals surface area (Å²) in [5.41, 5.74) is 4.15. The molecule has 0 aromatic heterocycles. The molecular weight excluding hydrogens is 328 g/mol. The van der Waals surface area contributed by atoms with Gasteiger partial charge in [0.05, 0.1) is 0 Å². The monoisotopic (exact) mass is 344 g/mol. The summed E-state index contributed by atoms with van der Waals surface area (Å²) in [7, 11) is 0. The highest BCUT2D eigenvalue weighted by atomic mass is 35.5. The molecule has 3 nitrogen and oxygen atoms in total. The summed E-state index contributed by atoms with van der Waals surface area (Å²) in [6.07, 6.45) is 0. The van der Waals surface area contributed by atoms with Gasteiger partial charge in [0.25, 0.3) is 0 Å². The second kappa shape index (κ2) is 6.30. The molecule has 3 rings (SSSR count). The fraction of sp³-hybridized carbons (Fsp3) is 0.222. The third kappa shape index (κ3) is 3.23. The van der Waals surface area contributed by atoms with Crippen molar-refractivity contribution in [1.82, 2.24) is 10.6 Å². The topological polar surface area (TPSA) is 41.1 Å². The molecule has 2 aromatic carbocycles. The minimum absolute atomic E-state index is 0.0455. The van der Waals surface area contributed by atoms with E-state index in [1.54, 1.807) is 12.1 Å². The Balaban J connectivity index is 1.95. The average Bonchev–Trinajstić information content (AvgIpc) is 2.53. The number of Topliss-reactive ketones (excluding diaryl/α,β-unsaturated/α-hetero) is 1. The second-order valence-corrected chi connectivity index (χ2v) is 6.63. The third-order valence-electron chi connectivity index (χ3n) is 4.19. The van der Waals surface area contributed by atoms with Gasteiger partial charge in [-0.05, 0) is 60.5 Å². The van der Waals surface area contributed by atoms with E-state index in [1.165, 1.54) is 5.56 Å². The highest BCUT2D eigenvalue weighted by Gasteiger charge is 2.34. The van der Waals surface area contributed by atoms with Crippen LogP contribution >= 0.6 is 23.8 Å². The Kier molecular flexibility index (Phi) is 4.37. The van der Waals surface area contributed by atoms with Gasteiger partial charge in [0.2, 0.25) is 0 Å². The first-order valence-corrected chi connectivity index (χ1v) is 8.17. The lowest BCUT2D eigenvalue weighted by molar-refractivity contribution is -0.123. The molecule has 0 bridgehead atoms. The van der Waals surface area contributed by atoms with Gasteiger partial charge in [-0.15, -0.1) is 0 Å². The first kappa shape index (κ1) is 16.0. The first-order chi connectivity index (χ1) is 11.0. The molecule has 5 heteroatoms. The normalized spacial score (nSPS) is 20.8. The third-order valence-corrected chi connectivity index (χ3v) is 4.68. The molecule has 1 aliphatic heterocycles. The van der Waals surface area contributed by atoms with E-state index in [9.17, 15) is 4.79 Å². The van der Waals surface area contributed by atoms with Gasteiger partial charge >= 0.3 is 0 Å². The highest BCUT2D eigenvalue weighted by Crippen LogP contribution is 2.28. The lowest BCUT2D eigenvalue weighted by Crippen LogP contribution is -2.52. The molecule has 0 aliphatic carbocycles. The smallest absolute Gasteiger partial charge is 0.186 e. The van der Waals surface area contributed by atoms with E-state index in [-0.39, 0.29) is 5.78 Å². The second-order valence-electron chi connectivity index (χ2n) is 5.78. The molecule has 1 fully saturated rings. The van der Waals surface area contributed by atoms with Gasteiger partial charge in [-0.25, -0.2) is 0 Å². The Bertz CT molecular complexity index is 773. The molecule has 0 spiro atoms. The zero-order valence-electron chi connectivity index (χ0n) is 12.9. The molecular formula is C18H17ClN2OS. The van der Waals surface area contributed by atoms with Gasteiger partial charge in [-0.1, -0.05) is 41.9 Å². The van der Waals surface area contributed by atoms with Crippen LogP contribution in [0.5, 0.6) is 0 Å². The van der Waals surface area contributed by atoms with Gasteiger partial charge in [0, 0.05) is 5.02 Å². The number of carbonyl (C=O) groups is 1. The van der Waals surface area contributed by atoms with E-state index in [0.717, 1.165) is 16.7 Å². The SMILES string of the molecule is Cc1ccc(C2NC(=S)NC(c3ccc(Cl)cc3)C2=O)cc1C. The van der Waals surface area contributed by atoms with Gasteiger partial charge in [-0.2, -0.15) is 0 Å². The number of thiocarbonyl (C=S) groups is 1. The Hall–Kier alpha value is -1.91. The van der Waals surface area contributed by atoms with Gasteiger partial charge in [0.1, 0.15) is 12.1 Å². The lowest BCUT2D eigenvalue weighted by atomic mass is 9.90. The Morgan fingerprint density at radius 2 is 1.48 bits per heavy atom. The van der Waals surface area contributed by atoms with Crippen LogP contribution in [0, 0.1) is 13.8 Å². The van der Waals surface area contributed by atoms with Crippen LogP contribution in [0.25, 0.3) is 0 Å². The summed E-state index contributed by atoms with van der Waals surface area (Å²) in [5.74, 6) is 0.0455. The molecule has 118 valence electrons. The van der Waals surface area contributed by atoms with Crippen LogP contribution in [0.1, 0.15) is 34.3 Å². The summed E-state index contributed by atoms with van der Waals surface area (Å²) in [4.78, 5) is 12.9. The van der Waals surface area contributed by atoms with Gasteiger partial charge in [0.15, 0.2) is 10.9 Å². The number of carbonyl (C=O) groups excluding carboxylic acids is 1. The van der Waals surface area contributed by atoms with E-state index in [2.05, 4.69) is 17.6 Å². The number of ketones is 1. The average molecular weight is 345 g/mol. The number of nitrogens with one attached hydrogen (secondary N) is 2. The molecule has 2 atom stereocenters. The minimum Gasteiger partial charge on any atom is -0.349 e. The van der Waals surface area contributed by atoms with Crippen LogP contribution in [0.3, 0.4) is 0 Å². The van der Waals surface area contributed by atoms with Gasteiger partial charge < -0.3 is 10.6 Å². The van der Waals surface area contributed by atoms with Crippen molar-refractivity contribution in [1.29, 1.82) is 0 Å². The summed E-state index contributed by atoms with van der Waals surface area (Å²) in [6.45, 7) is 4.09. The Labute approximate surface area is 146 Å². The molecule has 23 heavy (non-hydrogen) atoms. The summed E-state index contributed by atoms with van der Waals surface area (Å²) < 4.78 is 0. The Morgan fingerprint density at radius 1 is 0.913 bits per heavy atom. The molecule has 0 radical (unpaired) electrons. The summed E-state index contributed by atoms with van der Waals surface area (Å²) in [6, 6.07) is 12.4. The molecule has 1 heterocycles. The molecule has 1 aliphatic rings. The molecule has 0 amide bonds. The standard InChI is InChI=1S/C18H17ClN2OS/c1-10-3-4-13(9-11(10)2)16-17(22)15(20-18(23)21-16)12-5-7-14(19)8-6-12/h3-9,15-16H,1-2H3,(H2,20,21,23). The lowest BCUT2D eigenvalue weighted by Gasteiger charge is -2.32. The van der Waals surface area contributed by atoms with Crippen molar-refractivity contribution in [2.45, 2.75) is 25.9 Å². The number of rotatable bonds is 2. The largest absolute Gasteiger partial charge is 0.349 e. The number of aryl methyl sites for hydroxylation is 2. The van der Waals surface area contributed by atoms with Crippen LogP contribution < -0.4 is 10.6 Å². The predicted octanol–water partition coefficient (Wildman–Crippen LogP) is 3.79. The highest BCUT2D eigenvalue weighted by molar-refractivity contribution is 7.80. The number of hydrogen-bond acceptors (Lipinski definition) is 2. The van der Waals surface area contributed by atoms with Crippen molar-refractivity contribution in [2.75, 3.05) is 0 Å². The van der Waals surface area contributed by atoms with Crippen molar-refractivity contribution < 1.29 is 4.79 Å². The van der Waals surface area contributed by atoms with E-state index in [1.807, 2.05) is 37.3 Å². The van der Waals surface area contributed by atoms with Crippen molar-refractivity contribution >= 4 is 34.7 Å². The van der Waals surface area contributed by atoms with Gasteiger partial charge in [-0.3, -0.25) is 4.79 Å². The molecule has 2 aromatic rings. The van der Waals surface area contributed by atoms with Crippen molar-refractivity contribution in [3.05, 3.63) is 69.7 Å². The summed E-state index contributed by atoms with van der Waals surface area (Å²) in [5, 5.41) is 7.26. The van der Waals surface area contributed by atoms with E-state index >= 15 is 0 Å². The maximum atomic E-state index is 12.9. The number of hydrogen-bond donors (Lipinski definition) is 2. The van der Waals surface area contributed by atoms with Crippen molar-refractivity contribution in [3.8, 4) is 0 Å². The number of halogens is 1. The van der Waals surface area contributed by atoms with E-state index < -0.39 is 12.1 Å². The number of benzene rings is 2. The van der Waals surface area contributed by atoms with Crippen molar-refractivity contribution in [2.24, 2.45) is 0 Å². The fourth-order valence-electron chi connectivity index (χ4n) is 2.71. The maximum absolute atomic E-state index is 12.9. The van der Waals surface area contributed by atoms with Crippen LogP contribution in [0.4, 0.5) is 0 Å². The molecule has 2 N–H and O–H groups in total. The van der Waals surface area contributed by atoms with Crippen LogP contribution in [0.15, 0.2) is 42.5 Å². The molecule has 2 unspecified atom stereocenters. The van der Waals surface area contributed by atoms with E-state index in [0.29, 0.717) is 10.1 Å². The fourth-order valence-corrected chi connectivity index (χ4v) is 3.07. The van der Waals surface area contributed by atoms with Crippen LogP contribution in [-0.2, 0) is 4.79 Å². The minimum atomic E-state index is -0.465. The van der Waals surface area contributed by atoms with Crippen molar-refractivity contribution in [3.63, 3.8) is 0 Å². The quantitative estimate of drug-likeness (QED) is 0.813. The first-order valence-electron chi connectivity index (χ1n) is 7.39. The Morgan fingerprint density at radius 3 is 2.09 bits per heavy atom.